The third-order valence-electron chi connectivity index (χ3n) is 5.22. The van der Waals surface area contributed by atoms with Crippen molar-refractivity contribution in [2.75, 3.05) is 7.11 Å². The summed E-state index contributed by atoms with van der Waals surface area (Å²) in [6.07, 6.45) is 0. The number of carbonyl (C=O) groups is 2. The van der Waals surface area contributed by atoms with Crippen LogP contribution >= 0.6 is 0 Å². The molecule has 0 aliphatic carbocycles. The maximum atomic E-state index is 13.0. The monoisotopic (exact) mass is 404 g/mol. The second kappa shape index (κ2) is 9.44. The molecule has 2 N–H and O–H groups in total. The number of fused-ring (bicyclic) bond motifs is 1. The highest BCUT2D eigenvalue weighted by Gasteiger charge is 2.26. The SMILES string of the molecule is COc1ccc(C(=O)NC(C(=O)NC(C)c2ccc3ccccc3c2)C(C)C)cc1. The van der Waals surface area contributed by atoms with Gasteiger partial charge in [0.05, 0.1) is 13.2 Å². The molecule has 2 amide bonds. The standard InChI is InChI=1S/C25H28N2O3/c1-16(2)23(27-24(28)19-11-13-22(30-4)14-12-19)25(29)26-17(3)20-10-9-18-7-5-6-8-21(18)15-20/h5-17,23H,1-4H3,(H,26,29)(H,27,28). The van der Waals surface area contributed by atoms with Crippen molar-refractivity contribution in [3.63, 3.8) is 0 Å². The Labute approximate surface area is 177 Å². The van der Waals surface area contributed by atoms with Gasteiger partial charge >= 0.3 is 0 Å². The van der Waals surface area contributed by atoms with Crippen LogP contribution in [-0.2, 0) is 4.79 Å². The Morgan fingerprint density at radius 1 is 0.833 bits per heavy atom. The average Bonchev–Trinajstić information content (AvgIpc) is 2.76. The number of nitrogens with one attached hydrogen (secondary N) is 2. The van der Waals surface area contributed by atoms with Gasteiger partial charge in [-0.2, -0.15) is 0 Å². The Morgan fingerprint density at radius 2 is 1.50 bits per heavy atom. The summed E-state index contributed by atoms with van der Waals surface area (Å²) in [4.78, 5) is 25.6. The van der Waals surface area contributed by atoms with Crippen molar-refractivity contribution in [3.05, 3.63) is 77.9 Å². The second-order valence-electron chi connectivity index (χ2n) is 7.76. The minimum atomic E-state index is -0.637. The molecule has 156 valence electrons. The van der Waals surface area contributed by atoms with Gasteiger partial charge in [0.25, 0.3) is 5.91 Å². The molecule has 3 aromatic rings. The molecule has 0 spiro atoms. The molecular formula is C25H28N2O3. The highest BCUT2D eigenvalue weighted by molar-refractivity contribution is 5.97. The first-order valence-electron chi connectivity index (χ1n) is 10.1. The van der Waals surface area contributed by atoms with Gasteiger partial charge < -0.3 is 15.4 Å². The molecule has 3 aromatic carbocycles. The molecule has 0 fully saturated rings. The fourth-order valence-corrected chi connectivity index (χ4v) is 3.37. The summed E-state index contributed by atoms with van der Waals surface area (Å²) in [7, 11) is 1.57. The quantitative estimate of drug-likeness (QED) is 0.610. The molecule has 2 atom stereocenters. The molecule has 2 unspecified atom stereocenters. The van der Waals surface area contributed by atoms with Crippen LogP contribution in [0.2, 0.25) is 0 Å². The van der Waals surface area contributed by atoms with Crippen LogP contribution in [0.15, 0.2) is 66.7 Å². The van der Waals surface area contributed by atoms with Gasteiger partial charge in [-0.25, -0.2) is 0 Å². The number of hydrogen-bond donors (Lipinski definition) is 2. The van der Waals surface area contributed by atoms with E-state index in [0.717, 1.165) is 16.3 Å². The Balaban J connectivity index is 1.69. The van der Waals surface area contributed by atoms with Crippen molar-refractivity contribution >= 4 is 22.6 Å². The average molecular weight is 405 g/mol. The van der Waals surface area contributed by atoms with E-state index in [2.05, 4.69) is 34.9 Å². The minimum Gasteiger partial charge on any atom is -0.497 e. The van der Waals surface area contributed by atoms with E-state index in [1.807, 2.05) is 39.0 Å². The summed E-state index contributed by atoms with van der Waals surface area (Å²) >= 11 is 0. The molecule has 0 aromatic heterocycles. The summed E-state index contributed by atoms with van der Waals surface area (Å²) in [6.45, 7) is 5.78. The molecular weight excluding hydrogens is 376 g/mol. The first kappa shape index (κ1) is 21.4. The van der Waals surface area contributed by atoms with E-state index in [1.165, 1.54) is 0 Å². The maximum absolute atomic E-state index is 13.0. The minimum absolute atomic E-state index is 0.0593. The van der Waals surface area contributed by atoms with E-state index in [9.17, 15) is 9.59 Å². The van der Waals surface area contributed by atoms with Gasteiger partial charge in [-0.1, -0.05) is 50.2 Å². The number of amides is 2. The van der Waals surface area contributed by atoms with Crippen molar-refractivity contribution in [3.8, 4) is 5.75 Å². The lowest BCUT2D eigenvalue weighted by Crippen LogP contribution is -2.50. The highest BCUT2D eigenvalue weighted by Crippen LogP contribution is 2.21. The van der Waals surface area contributed by atoms with Gasteiger partial charge in [0.2, 0.25) is 5.91 Å². The van der Waals surface area contributed by atoms with Gasteiger partial charge in [-0.3, -0.25) is 9.59 Å². The zero-order valence-corrected chi connectivity index (χ0v) is 17.8. The molecule has 0 saturated heterocycles. The predicted molar refractivity (Wildman–Crippen MR) is 120 cm³/mol. The summed E-state index contributed by atoms with van der Waals surface area (Å²) in [5.41, 5.74) is 1.50. The molecule has 30 heavy (non-hydrogen) atoms. The van der Waals surface area contributed by atoms with Crippen LogP contribution in [0.25, 0.3) is 10.8 Å². The van der Waals surface area contributed by atoms with E-state index < -0.39 is 6.04 Å². The van der Waals surface area contributed by atoms with Crippen LogP contribution in [-0.4, -0.2) is 25.0 Å². The Hall–Kier alpha value is -3.34. The summed E-state index contributed by atoms with van der Waals surface area (Å²) in [6, 6.07) is 20.3. The lowest BCUT2D eigenvalue weighted by atomic mass is 10.00. The first-order chi connectivity index (χ1) is 14.4. The van der Waals surface area contributed by atoms with Crippen LogP contribution in [0.5, 0.6) is 5.75 Å². The lowest BCUT2D eigenvalue weighted by molar-refractivity contribution is -0.124. The van der Waals surface area contributed by atoms with Gasteiger partial charge in [-0.05, 0) is 59.5 Å². The molecule has 0 heterocycles. The molecule has 5 heteroatoms. The summed E-state index contributed by atoms with van der Waals surface area (Å²) in [5.74, 6) is 0.127. The lowest BCUT2D eigenvalue weighted by Gasteiger charge is -2.24. The van der Waals surface area contributed by atoms with Gasteiger partial charge in [0, 0.05) is 5.56 Å². The molecule has 5 nitrogen and oxygen atoms in total. The first-order valence-corrected chi connectivity index (χ1v) is 10.1. The van der Waals surface area contributed by atoms with Crippen LogP contribution in [0.3, 0.4) is 0 Å². The van der Waals surface area contributed by atoms with Crippen LogP contribution in [0.4, 0.5) is 0 Å². The van der Waals surface area contributed by atoms with Crippen molar-refractivity contribution in [2.24, 2.45) is 5.92 Å². The number of hydrogen-bond acceptors (Lipinski definition) is 3. The topological polar surface area (TPSA) is 67.4 Å². The Kier molecular flexibility index (Phi) is 6.72. The number of carbonyl (C=O) groups excluding carboxylic acids is 2. The fraction of sp³-hybridized carbons (Fsp3) is 0.280. The van der Waals surface area contributed by atoms with Crippen LogP contribution in [0.1, 0.15) is 42.7 Å². The van der Waals surface area contributed by atoms with Gasteiger partial charge in [0.1, 0.15) is 11.8 Å². The largest absolute Gasteiger partial charge is 0.497 e. The van der Waals surface area contributed by atoms with Gasteiger partial charge in [-0.15, -0.1) is 0 Å². The summed E-state index contributed by atoms with van der Waals surface area (Å²) in [5, 5.41) is 8.20. The molecule has 0 radical (unpaired) electrons. The number of methoxy groups -OCH3 is 1. The molecule has 0 saturated carbocycles. The van der Waals surface area contributed by atoms with Crippen molar-refractivity contribution in [2.45, 2.75) is 32.9 Å². The third-order valence-corrected chi connectivity index (χ3v) is 5.22. The van der Waals surface area contributed by atoms with E-state index in [-0.39, 0.29) is 23.8 Å². The van der Waals surface area contributed by atoms with Gasteiger partial charge in [0.15, 0.2) is 0 Å². The Bertz CT molecular complexity index is 1030. The molecule has 3 rings (SSSR count). The molecule has 0 bridgehead atoms. The zero-order chi connectivity index (χ0) is 21.7. The number of rotatable bonds is 7. The van der Waals surface area contributed by atoms with Crippen molar-refractivity contribution < 1.29 is 14.3 Å². The second-order valence-corrected chi connectivity index (χ2v) is 7.76. The third kappa shape index (κ3) is 4.98. The highest BCUT2D eigenvalue weighted by atomic mass is 16.5. The van der Waals surface area contributed by atoms with E-state index >= 15 is 0 Å². The van der Waals surface area contributed by atoms with Crippen LogP contribution in [0, 0.1) is 5.92 Å². The van der Waals surface area contributed by atoms with Crippen molar-refractivity contribution in [1.82, 2.24) is 10.6 Å². The number of benzene rings is 3. The molecule has 0 aliphatic heterocycles. The normalized spacial score (nSPS) is 13.0. The Morgan fingerprint density at radius 3 is 2.13 bits per heavy atom. The van der Waals surface area contributed by atoms with Crippen LogP contribution < -0.4 is 15.4 Å². The summed E-state index contributed by atoms with van der Waals surface area (Å²) < 4.78 is 5.12. The van der Waals surface area contributed by atoms with E-state index in [0.29, 0.717) is 11.3 Å². The predicted octanol–water partition coefficient (Wildman–Crippen LogP) is 4.48. The zero-order valence-electron chi connectivity index (χ0n) is 17.8. The molecule has 0 aliphatic rings. The van der Waals surface area contributed by atoms with Crippen molar-refractivity contribution in [1.29, 1.82) is 0 Å². The van der Waals surface area contributed by atoms with E-state index in [1.54, 1.807) is 31.4 Å². The van der Waals surface area contributed by atoms with E-state index in [4.69, 9.17) is 4.74 Å². The smallest absolute Gasteiger partial charge is 0.251 e. The maximum Gasteiger partial charge on any atom is 0.251 e. The fourth-order valence-electron chi connectivity index (χ4n) is 3.37. The number of ether oxygens (including phenoxy) is 1.